The highest BCUT2D eigenvalue weighted by molar-refractivity contribution is 6.30. The first-order valence-corrected chi connectivity index (χ1v) is 7.66. The van der Waals surface area contributed by atoms with Crippen LogP contribution in [0.3, 0.4) is 0 Å². The second-order valence-corrected chi connectivity index (χ2v) is 5.29. The molecule has 1 amide bonds. The van der Waals surface area contributed by atoms with Crippen LogP contribution in [0.4, 0.5) is 5.95 Å². The highest BCUT2D eigenvalue weighted by Crippen LogP contribution is 2.09. The van der Waals surface area contributed by atoms with Gasteiger partial charge in [-0.15, -0.1) is 0 Å². The summed E-state index contributed by atoms with van der Waals surface area (Å²) in [5.74, 6) is 0.253. The van der Waals surface area contributed by atoms with Gasteiger partial charge in [0.1, 0.15) is 5.69 Å². The standard InChI is InChI=1S/C16H19ClN4O/c1-2-3-9-18-16-19-10-8-14(21-16)15(22)20-11-12-4-6-13(17)7-5-12/h4-8,10H,2-3,9,11H2,1H3,(H,20,22)(H,18,19,21). The number of amides is 1. The third-order valence-electron chi connectivity index (χ3n) is 3.07. The molecule has 2 rings (SSSR count). The number of benzene rings is 1. The molecule has 0 spiro atoms. The monoisotopic (exact) mass is 318 g/mol. The summed E-state index contributed by atoms with van der Waals surface area (Å²) in [5.41, 5.74) is 1.33. The number of carbonyl (C=O) groups excluding carboxylic acids is 1. The third-order valence-corrected chi connectivity index (χ3v) is 3.32. The van der Waals surface area contributed by atoms with Crippen LogP contribution in [0.25, 0.3) is 0 Å². The van der Waals surface area contributed by atoms with Crippen LogP contribution in [0.1, 0.15) is 35.8 Å². The molecule has 0 saturated heterocycles. The highest BCUT2D eigenvalue weighted by atomic mass is 35.5. The molecule has 0 aliphatic carbocycles. The number of anilines is 1. The summed E-state index contributed by atoms with van der Waals surface area (Å²) in [5, 5.41) is 6.61. The quantitative estimate of drug-likeness (QED) is 0.769. The van der Waals surface area contributed by atoms with E-state index in [9.17, 15) is 4.79 Å². The summed E-state index contributed by atoms with van der Waals surface area (Å²) < 4.78 is 0. The molecule has 1 heterocycles. The van der Waals surface area contributed by atoms with Gasteiger partial charge in [0.15, 0.2) is 0 Å². The summed E-state index contributed by atoms with van der Waals surface area (Å²) in [4.78, 5) is 20.4. The third kappa shape index (κ3) is 5.00. The first-order valence-electron chi connectivity index (χ1n) is 7.28. The zero-order chi connectivity index (χ0) is 15.8. The first kappa shape index (κ1) is 16.2. The van der Waals surface area contributed by atoms with Gasteiger partial charge >= 0.3 is 0 Å². The van der Waals surface area contributed by atoms with Crippen LogP contribution in [0.2, 0.25) is 5.02 Å². The van der Waals surface area contributed by atoms with E-state index in [0.29, 0.717) is 23.2 Å². The molecule has 0 fully saturated rings. The number of nitrogens with zero attached hydrogens (tertiary/aromatic N) is 2. The minimum absolute atomic E-state index is 0.226. The number of nitrogens with one attached hydrogen (secondary N) is 2. The molecule has 0 aliphatic rings. The lowest BCUT2D eigenvalue weighted by molar-refractivity contribution is 0.0946. The molecule has 116 valence electrons. The van der Waals surface area contributed by atoms with Crippen LogP contribution in [0, 0.1) is 0 Å². The molecule has 5 nitrogen and oxygen atoms in total. The van der Waals surface area contributed by atoms with Gasteiger partial charge in [0, 0.05) is 24.3 Å². The van der Waals surface area contributed by atoms with Crippen LogP contribution < -0.4 is 10.6 Å². The number of hydrogen-bond acceptors (Lipinski definition) is 4. The van der Waals surface area contributed by atoms with Crippen molar-refractivity contribution in [2.24, 2.45) is 0 Å². The molecule has 1 aromatic carbocycles. The molecule has 0 aliphatic heterocycles. The molecule has 2 N–H and O–H groups in total. The van der Waals surface area contributed by atoms with Crippen molar-refractivity contribution in [1.29, 1.82) is 0 Å². The fourth-order valence-corrected chi connectivity index (χ4v) is 1.95. The fourth-order valence-electron chi connectivity index (χ4n) is 1.82. The van der Waals surface area contributed by atoms with E-state index < -0.39 is 0 Å². The second kappa shape index (κ2) is 8.34. The zero-order valence-corrected chi connectivity index (χ0v) is 13.2. The van der Waals surface area contributed by atoms with Gasteiger partial charge in [0.2, 0.25) is 5.95 Å². The summed E-state index contributed by atoms with van der Waals surface area (Å²) in [7, 11) is 0. The van der Waals surface area contributed by atoms with Crippen molar-refractivity contribution in [3.63, 3.8) is 0 Å². The predicted molar refractivity (Wildman–Crippen MR) is 88.1 cm³/mol. The molecule has 0 radical (unpaired) electrons. The van der Waals surface area contributed by atoms with Gasteiger partial charge in [-0.1, -0.05) is 37.1 Å². The predicted octanol–water partition coefficient (Wildman–Crippen LogP) is 3.27. The Morgan fingerprint density at radius 2 is 2.00 bits per heavy atom. The van der Waals surface area contributed by atoms with E-state index in [4.69, 9.17) is 11.6 Å². The maximum atomic E-state index is 12.1. The van der Waals surface area contributed by atoms with Crippen molar-refractivity contribution < 1.29 is 4.79 Å². The normalized spacial score (nSPS) is 10.3. The van der Waals surface area contributed by atoms with Gasteiger partial charge in [-0.25, -0.2) is 9.97 Å². The molecule has 0 saturated carbocycles. The molecular weight excluding hydrogens is 300 g/mol. The minimum atomic E-state index is -0.226. The Bertz CT molecular complexity index is 616. The Morgan fingerprint density at radius 3 is 2.73 bits per heavy atom. The van der Waals surface area contributed by atoms with E-state index in [0.717, 1.165) is 24.9 Å². The van der Waals surface area contributed by atoms with Crippen molar-refractivity contribution in [2.75, 3.05) is 11.9 Å². The number of aromatic nitrogens is 2. The van der Waals surface area contributed by atoms with E-state index in [2.05, 4.69) is 27.5 Å². The van der Waals surface area contributed by atoms with Crippen LogP contribution in [0.5, 0.6) is 0 Å². The molecule has 1 aromatic heterocycles. The van der Waals surface area contributed by atoms with Crippen molar-refractivity contribution in [3.8, 4) is 0 Å². The van der Waals surface area contributed by atoms with Crippen molar-refractivity contribution in [3.05, 3.63) is 52.8 Å². The van der Waals surface area contributed by atoms with Gasteiger partial charge in [-0.2, -0.15) is 0 Å². The maximum Gasteiger partial charge on any atom is 0.270 e. The molecule has 22 heavy (non-hydrogen) atoms. The number of unbranched alkanes of at least 4 members (excludes halogenated alkanes) is 1. The topological polar surface area (TPSA) is 66.9 Å². The van der Waals surface area contributed by atoms with Crippen molar-refractivity contribution in [1.82, 2.24) is 15.3 Å². The minimum Gasteiger partial charge on any atom is -0.354 e. The van der Waals surface area contributed by atoms with Crippen LogP contribution in [-0.4, -0.2) is 22.4 Å². The van der Waals surface area contributed by atoms with Gasteiger partial charge in [-0.3, -0.25) is 4.79 Å². The molecule has 0 bridgehead atoms. The lowest BCUT2D eigenvalue weighted by atomic mass is 10.2. The van der Waals surface area contributed by atoms with Crippen molar-refractivity contribution >= 4 is 23.5 Å². The Morgan fingerprint density at radius 1 is 1.23 bits per heavy atom. The molecule has 2 aromatic rings. The zero-order valence-electron chi connectivity index (χ0n) is 12.5. The van der Waals surface area contributed by atoms with E-state index in [-0.39, 0.29) is 5.91 Å². The Balaban J connectivity index is 1.91. The van der Waals surface area contributed by atoms with Crippen LogP contribution >= 0.6 is 11.6 Å². The fraction of sp³-hybridized carbons (Fsp3) is 0.312. The largest absolute Gasteiger partial charge is 0.354 e. The Kier molecular flexibility index (Phi) is 6.15. The summed E-state index contributed by atoms with van der Waals surface area (Å²) in [6.45, 7) is 3.34. The Labute approximate surface area is 135 Å². The number of carbonyl (C=O) groups is 1. The molecular formula is C16H19ClN4O. The average molecular weight is 319 g/mol. The van der Waals surface area contributed by atoms with Gasteiger partial charge in [0.05, 0.1) is 0 Å². The lowest BCUT2D eigenvalue weighted by Crippen LogP contribution is -2.24. The second-order valence-electron chi connectivity index (χ2n) is 4.85. The molecule has 0 unspecified atom stereocenters. The van der Waals surface area contributed by atoms with Gasteiger partial charge < -0.3 is 10.6 Å². The van der Waals surface area contributed by atoms with E-state index >= 15 is 0 Å². The first-order chi connectivity index (χ1) is 10.7. The summed E-state index contributed by atoms with van der Waals surface area (Å²) in [6.07, 6.45) is 3.71. The van der Waals surface area contributed by atoms with Crippen LogP contribution in [-0.2, 0) is 6.54 Å². The number of rotatable bonds is 7. The average Bonchev–Trinajstić information content (AvgIpc) is 2.54. The summed E-state index contributed by atoms with van der Waals surface area (Å²) in [6, 6.07) is 8.94. The smallest absolute Gasteiger partial charge is 0.270 e. The lowest BCUT2D eigenvalue weighted by Gasteiger charge is -2.07. The van der Waals surface area contributed by atoms with Gasteiger partial charge in [0.25, 0.3) is 5.91 Å². The molecule has 0 atom stereocenters. The SMILES string of the molecule is CCCCNc1nccc(C(=O)NCc2ccc(Cl)cc2)n1. The van der Waals surface area contributed by atoms with E-state index in [1.807, 2.05) is 12.1 Å². The summed E-state index contributed by atoms with van der Waals surface area (Å²) >= 11 is 5.83. The number of hydrogen-bond donors (Lipinski definition) is 2. The maximum absolute atomic E-state index is 12.1. The highest BCUT2D eigenvalue weighted by Gasteiger charge is 2.08. The van der Waals surface area contributed by atoms with E-state index in [1.165, 1.54) is 0 Å². The molecule has 6 heteroatoms. The van der Waals surface area contributed by atoms with Gasteiger partial charge in [-0.05, 0) is 30.2 Å². The van der Waals surface area contributed by atoms with Crippen molar-refractivity contribution in [2.45, 2.75) is 26.3 Å². The van der Waals surface area contributed by atoms with Crippen LogP contribution in [0.15, 0.2) is 36.5 Å². The Hall–Kier alpha value is -2.14. The number of halogens is 1. The van der Waals surface area contributed by atoms with E-state index in [1.54, 1.807) is 24.4 Å².